The summed E-state index contributed by atoms with van der Waals surface area (Å²) in [4.78, 5) is 0.569. The molecule has 1 atom stereocenters. The van der Waals surface area contributed by atoms with E-state index in [9.17, 15) is 22.7 Å². The quantitative estimate of drug-likeness (QED) is 0.287. The maximum absolute atomic E-state index is 13.3. The Hall–Kier alpha value is -2.84. The molecule has 0 bridgehead atoms. The van der Waals surface area contributed by atoms with Crippen molar-refractivity contribution in [2.45, 2.75) is 23.1 Å². The summed E-state index contributed by atoms with van der Waals surface area (Å²) in [5.41, 5.74) is -0.460. The minimum atomic E-state index is -4.57. The minimum absolute atomic E-state index is 0.152. The average Bonchev–Trinajstić information content (AvgIpc) is 3.16. The van der Waals surface area contributed by atoms with Gasteiger partial charge in [0.2, 0.25) is 0 Å². The van der Waals surface area contributed by atoms with E-state index in [0.29, 0.717) is 10.3 Å². The van der Waals surface area contributed by atoms with Crippen LogP contribution in [-0.2, 0) is 5.60 Å². The molecular weight excluding hydrogens is 428 g/mol. The Morgan fingerprint density at radius 1 is 0.935 bits per heavy atom. The number of alkyl halides is 3. The number of rotatable bonds is 6. The second-order valence-corrected chi connectivity index (χ2v) is 8.28. The molecule has 4 rings (SSSR count). The Morgan fingerprint density at radius 2 is 1.65 bits per heavy atom. The van der Waals surface area contributed by atoms with Crippen molar-refractivity contribution < 1.29 is 22.7 Å². The van der Waals surface area contributed by atoms with E-state index in [1.807, 2.05) is 30.3 Å². The monoisotopic (exact) mass is 446 g/mol. The van der Waals surface area contributed by atoms with Gasteiger partial charge in [-0.3, -0.25) is 0 Å². The lowest BCUT2D eigenvalue weighted by Crippen LogP contribution is -2.34. The fourth-order valence-electron chi connectivity index (χ4n) is 3.40. The number of fused-ring (bicyclic) bond motifs is 1. The molecule has 0 saturated carbocycles. The summed E-state index contributed by atoms with van der Waals surface area (Å²) >= 11 is 1.04. The molecule has 0 radical (unpaired) electrons. The van der Waals surface area contributed by atoms with Crippen molar-refractivity contribution in [3.63, 3.8) is 0 Å². The number of aromatic nitrogens is 2. The van der Waals surface area contributed by atoms with Crippen LogP contribution >= 0.6 is 11.8 Å². The number of thioether (sulfide) groups is 1. The highest BCUT2D eigenvalue weighted by Gasteiger charge is 2.42. The van der Waals surface area contributed by atoms with E-state index < -0.39 is 24.0 Å². The molecule has 3 aromatic carbocycles. The lowest BCUT2D eigenvalue weighted by Gasteiger charge is -2.29. The third-order valence-electron chi connectivity index (χ3n) is 4.89. The van der Waals surface area contributed by atoms with Crippen LogP contribution in [0.25, 0.3) is 16.6 Å². The van der Waals surface area contributed by atoms with Gasteiger partial charge in [-0.15, -0.1) is 11.8 Å². The lowest BCUT2D eigenvalue weighted by atomic mass is 9.91. The zero-order valence-corrected chi connectivity index (χ0v) is 17.0. The van der Waals surface area contributed by atoms with Crippen LogP contribution < -0.4 is 0 Å². The van der Waals surface area contributed by atoms with Gasteiger partial charge < -0.3 is 5.11 Å². The maximum Gasteiger partial charge on any atom is 0.392 e. The Morgan fingerprint density at radius 3 is 2.32 bits per heavy atom. The first kappa shape index (κ1) is 21.4. The largest absolute Gasteiger partial charge is 0.392 e. The fraction of sp³-hybridized carbons (Fsp3) is 0.174. The van der Waals surface area contributed by atoms with E-state index in [1.165, 1.54) is 30.3 Å². The molecule has 1 heterocycles. The van der Waals surface area contributed by atoms with Crippen LogP contribution in [0.2, 0.25) is 0 Å². The summed E-state index contributed by atoms with van der Waals surface area (Å²) in [6.07, 6.45) is -4.40. The van der Waals surface area contributed by atoms with E-state index in [0.717, 1.165) is 23.0 Å². The van der Waals surface area contributed by atoms with Crippen molar-refractivity contribution in [3.8, 4) is 5.69 Å². The first-order valence-electron chi connectivity index (χ1n) is 9.45. The topological polar surface area (TPSA) is 38.1 Å². The van der Waals surface area contributed by atoms with Crippen molar-refractivity contribution in [2.75, 3.05) is 5.75 Å². The van der Waals surface area contributed by atoms with Crippen LogP contribution in [0.5, 0.6) is 0 Å². The van der Waals surface area contributed by atoms with Crippen molar-refractivity contribution in [1.29, 1.82) is 0 Å². The van der Waals surface area contributed by atoms with E-state index in [-0.39, 0.29) is 11.3 Å². The average molecular weight is 446 g/mol. The number of hydrogen-bond donors (Lipinski definition) is 1. The van der Waals surface area contributed by atoms with Crippen LogP contribution in [0, 0.1) is 5.82 Å². The molecule has 0 aliphatic heterocycles. The Bertz CT molecular complexity index is 1180. The van der Waals surface area contributed by atoms with Crippen molar-refractivity contribution >= 4 is 22.7 Å². The van der Waals surface area contributed by atoms with Crippen molar-refractivity contribution in [2.24, 2.45) is 0 Å². The smallest absolute Gasteiger partial charge is 0.384 e. The lowest BCUT2D eigenvalue weighted by molar-refractivity contribution is -0.173. The van der Waals surface area contributed by atoms with Gasteiger partial charge in [0.15, 0.2) is 0 Å². The SMILES string of the molecule is OC(CSc1ccc(F)cc1)(CC(F)(F)F)c1ccc2c(cnn2-c2ccccc2)c1. The molecule has 0 fully saturated rings. The Kier molecular flexibility index (Phi) is 5.77. The minimum Gasteiger partial charge on any atom is -0.384 e. The zero-order valence-electron chi connectivity index (χ0n) is 16.2. The van der Waals surface area contributed by atoms with Crippen LogP contribution in [0.15, 0.2) is 83.9 Å². The molecule has 3 nitrogen and oxygen atoms in total. The molecule has 1 aromatic heterocycles. The normalized spacial score (nSPS) is 14.0. The molecule has 0 saturated heterocycles. The molecule has 4 aromatic rings. The van der Waals surface area contributed by atoms with Gasteiger partial charge in [-0.25, -0.2) is 9.07 Å². The second-order valence-electron chi connectivity index (χ2n) is 7.23. The van der Waals surface area contributed by atoms with Crippen LogP contribution in [0.1, 0.15) is 12.0 Å². The maximum atomic E-state index is 13.3. The summed E-state index contributed by atoms with van der Waals surface area (Å²) in [6, 6.07) is 19.5. The van der Waals surface area contributed by atoms with Crippen molar-refractivity contribution in [1.82, 2.24) is 9.78 Å². The fourth-order valence-corrected chi connectivity index (χ4v) is 4.40. The van der Waals surface area contributed by atoms with Gasteiger partial charge in [0.25, 0.3) is 0 Å². The number of aliphatic hydroxyl groups is 1. The van der Waals surface area contributed by atoms with Crippen molar-refractivity contribution in [3.05, 3.63) is 90.4 Å². The number of para-hydroxylation sites is 1. The van der Waals surface area contributed by atoms with E-state index >= 15 is 0 Å². The predicted molar refractivity (Wildman–Crippen MR) is 113 cm³/mol. The first-order chi connectivity index (χ1) is 14.7. The zero-order chi connectivity index (χ0) is 22.1. The molecule has 0 amide bonds. The predicted octanol–water partition coefficient (Wildman–Crippen LogP) is 6.10. The summed E-state index contributed by atoms with van der Waals surface area (Å²) in [6.45, 7) is 0. The van der Waals surface area contributed by atoms with E-state index in [1.54, 1.807) is 23.0 Å². The second kappa shape index (κ2) is 8.36. The first-order valence-corrected chi connectivity index (χ1v) is 10.4. The van der Waals surface area contributed by atoms with Gasteiger partial charge in [0.05, 0.1) is 23.8 Å². The summed E-state index contributed by atoms with van der Waals surface area (Å²) in [5, 5.41) is 16.0. The van der Waals surface area contributed by atoms with E-state index in [4.69, 9.17) is 0 Å². The van der Waals surface area contributed by atoms with Gasteiger partial charge in [0.1, 0.15) is 11.4 Å². The molecular formula is C23H18F4N2OS. The van der Waals surface area contributed by atoms with Crippen LogP contribution in [-0.4, -0.2) is 26.8 Å². The third-order valence-corrected chi connectivity index (χ3v) is 6.12. The number of halogens is 4. The Labute approximate surface area is 180 Å². The standard InChI is InChI=1S/C23H18F4N2OS/c24-18-7-9-20(10-8-18)31-15-22(30,14-23(25,26)27)17-6-11-21-16(12-17)13-28-29(21)19-4-2-1-3-5-19/h1-13,30H,14-15H2. The van der Waals surface area contributed by atoms with Gasteiger partial charge in [-0.05, 0) is 54.1 Å². The summed E-state index contributed by atoms with van der Waals surface area (Å²) in [7, 11) is 0. The van der Waals surface area contributed by atoms with Crippen LogP contribution in [0.3, 0.4) is 0 Å². The molecule has 0 spiro atoms. The molecule has 1 N–H and O–H groups in total. The number of benzene rings is 3. The highest BCUT2D eigenvalue weighted by molar-refractivity contribution is 7.99. The Balaban J connectivity index is 1.67. The molecule has 1 unspecified atom stereocenters. The van der Waals surface area contributed by atoms with E-state index in [2.05, 4.69) is 5.10 Å². The molecule has 8 heteroatoms. The van der Waals surface area contributed by atoms with Crippen LogP contribution in [0.4, 0.5) is 17.6 Å². The van der Waals surface area contributed by atoms with Gasteiger partial charge in [-0.2, -0.15) is 18.3 Å². The molecule has 0 aliphatic rings. The van der Waals surface area contributed by atoms with Gasteiger partial charge in [-0.1, -0.05) is 24.3 Å². The number of nitrogens with zero attached hydrogens (tertiary/aromatic N) is 2. The summed E-state index contributed by atoms with van der Waals surface area (Å²) < 4.78 is 54.8. The summed E-state index contributed by atoms with van der Waals surface area (Å²) in [5.74, 6) is -0.674. The molecule has 0 aliphatic carbocycles. The highest BCUT2D eigenvalue weighted by Crippen LogP contribution is 2.39. The molecule has 160 valence electrons. The highest BCUT2D eigenvalue weighted by atomic mass is 32.2. The third kappa shape index (κ3) is 4.91. The van der Waals surface area contributed by atoms with Gasteiger partial charge in [0, 0.05) is 16.0 Å². The molecule has 31 heavy (non-hydrogen) atoms. The number of hydrogen-bond acceptors (Lipinski definition) is 3. The van der Waals surface area contributed by atoms with Gasteiger partial charge >= 0.3 is 6.18 Å².